The number of amides is 1. The van der Waals surface area contributed by atoms with Crippen LogP contribution >= 0.6 is 0 Å². The maximum Gasteiger partial charge on any atom is 0.213 e. The molecule has 21 heavy (non-hydrogen) atoms. The number of carbonyl (C=O) groups is 1. The minimum atomic E-state index is -0.570. The second-order valence-corrected chi connectivity index (χ2v) is 5.80. The lowest BCUT2D eigenvalue weighted by Gasteiger charge is -2.21. The summed E-state index contributed by atoms with van der Waals surface area (Å²) in [5.74, 6) is 0.355. The first kappa shape index (κ1) is 15.1. The number of hydrogen-bond acceptors (Lipinski definition) is 4. The zero-order chi connectivity index (χ0) is 15.8. The molecule has 5 heteroatoms. The van der Waals surface area contributed by atoms with E-state index in [2.05, 4.69) is 4.99 Å². The van der Waals surface area contributed by atoms with Crippen molar-refractivity contribution in [3.05, 3.63) is 35.2 Å². The maximum atomic E-state index is 11.1. The number of rotatable bonds is 3. The molecule has 0 saturated heterocycles. The minimum absolute atomic E-state index is 0.355. The monoisotopic (exact) mass is 287 g/mol. The van der Waals surface area contributed by atoms with E-state index in [9.17, 15) is 4.79 Å². The third-order valence-corrected chi connectivity index (χ3v) is 3.64. The number of hydrogen-bond donors (Lipinski definition) is 1. The zero-order valence-corrected chi connectivity index (χ0v) is 13.1. The molecule has 0 atom stereocenters. The van der Waals surface area contributed by atoms with Crippen molar-refractivity contribution in [2.24, 2.45) is 10.7 Å². The van der Waals surface area contributed by atoms with Crippen LogP contribution in [0.25, 0.3) is 0 Å². The van der Waals surface area contributed by atoms with E-state index in [1.54, 1.807) is 13.1 Å². The molecule has 0 spiro atoms. The number of nitrogens with two attached hydrogens (primary N) is 1. The molecule has 1 aliphatic rings. The Kier molecular flexibility index (Phi) is 3.77. The number of aryl methyl sites for hydroxylation is 2. The van der Waals surface area contributed by atoms with E-state index in [0.29, 0.717) is 5.88 Å². The van der Waals surface area contributed by atoms with Gasteiger partial charge in [0, 0.05) is 13.1 Å². The lowest BCUT2D eigenvalue weighted by Crippen LogP contribution is -2.28. The molecule has 0 aliphatic carbocycles. The molecule has 0 unspecified atom stereocenters. The van der Waals surface area contributed by atoms with Gasteiger partial charge in [-0.3, -0.25) is 4.79 Å². The van der Waals surface area contributed by atoms with Crippen LogP contribution in [0.1, 0.15) is 25.0 Å². The van der Waals surface area contributed by atoms with Gasteiger partial charge >= 0.3 is 0 Å². The summed E-state index contributed by atoms with van der Waals surface area (Å²) < 4.78 is 5.54. The number of anilines is 1. The van der Waals surface area contributed by atoms with E-state index < -0.39 is 5.60 Å². The molecule has 2 rings (SSSR count). The largest absolute Gasteiger partial charge is 0.467 e. The average molecular weight is 287 g/mol. The smallest absolute Gasteiger partial charge is 0.213 e. The van der Waals surface area contributed by atoms with Crippen LogP contribution in [-0.4, -0.2) is 24.8 Å². The second kappa shape index (κ2) is 5.24. The van der Waals surface area contributed by atoms with Crippen molar-refractivity contribution in [1.29, 1.82) is 0 Å². The Hall–Kier alpha value is -2.30. The molecule has 1 amide bonds. The third-order valence-electron chi connectivity index (χ3n) is 3.64. The van der Waals surface area contributed by atoms with Crippen molar-refractivity contribution < 1.29 is 9.53 Å². The van der Waals surface area contributed by atoms with Gasteiger partial charge in [-0.2, -0.15) is 0 Å². The molecule has 1 aromatic rings. The topological polar surface area (TPSA) is 67.9 Å². The van der Waals surface area contributed by atoms with Gasteiger partial charge in [0.15, 0.2) is 5.88 Å². The van der Waals surface area contributed by atoms with Gasteiger partial charge in [0.05, 0.1) is 17.1 Å². The van der Waals surface area contributed by atoms with Gasteiger partial charge in [0.25, 0.3) is 0 Å². The minimum Gasteiger partial charge on any atom is -0.467 e. The Bertz CT molecular complexity index is 645. The number of carbonyl (C=O) groups excluding carboxylic acids is 1. The van der Waals surface area contributed by atoms with Gasteiger partial charge in [-0.25, -0.2) is 4.99 Å². The fraction of sp³-hybridized carbons (Fsp3) is 0.375. The Balaban J connectivity index is 2.58. The lowest BCUT2D eigenvalue weighted by molar-refractivity contribution is -0.107. The average Bonchev–Trinajstić information content (AvgIpc) is 2.65. The standard InChI is InChI=1S/C16H21N3O2/c1-10-6-12(13(7-11(10)2)19(5)9-20)18-14-8-15(17)21-16(14,3)4/h6-9H,17H2,1-5H3. The molecule has 1 heterocycles. The summed E-state index contributed by atoms with van der Waals surface area (Å²) in [4.78, 5) is 17.3. The Morgan fingerprint density at radius 2 is 1.90 bits per heavy atom. The summed E-state index contributed by atoms with van der Waals surface area (Å²) in [6.45, 7) is 7.85. The quantitative estimate of drug-likeness (QED) is 0.869. The highest BCUT2D eigenvalue weighted by molar-refractivity contribution is 6.05. The van der Waals surface area contributed by atoms with Crippen molar-refractivity contribution in [3.8, 4) is 0 Å². The highest BCUT2D eigenvalue weighted by Crippen LogP contribution is 2.33. The van der Waals surface area contributed by atoms with Crippen LogP contribution in [-0.2, 0) is 9.53 Å². The first-order chi connectivity index (χ1) is 9.74. The van der Waals surface area contributed by atoms with Crippen LogP contribution in [0.2, 0.25) is 0 Å². The summed E-state index contributed by atoms with van der Waals surface area (Å²) in [6.07, 6.45) is 2.49. The van der Waals surface area contributed by atoms with Crippen LogP contribution in [0.15, 0.2) is 29.1 Å². The first-order valence-electron chi connectivity index (χ1n) is 6.79. The molecular weight excluding hydrogens is 266 g/mol. The van der Waals surface area contributed by atoms with Crippen molar-refractivity contribution >= 4 is 23.5 Å². The van der Waals surface area contributed by atoms with Crippen molar-refractivity contribution in [3.63, 3.8) is 0 Å². The van der Waals surface area contributed by atoms with E-state index in [-0.39, 0.29) is 0 Å². The number of ether oxygens (including phenoxy) is 1. The lowest BCUT2D eigenvalue weighted by atomic mass is 10.0. The third kappa shape index (κ3) is 2.91. The van der Waals surface area contributed by atoms with Crippen LogP contribution in [0.3, 0.4) is 0 Å². The fourth-order valence-corrected chi connectivity index (χ4v) is 2.20. The molecule has 1 aliphatic heterocycles. The van der Waals surface area contributed by atoms with Gasteiger partial charge in [0.1, 0.15) is 5.60 Å². The highest BCUT2D eigenvalue weighted by atomic mass is 16.5. The summed E-state index contributed by atoms with van der Waals surface area (Å²) >= 11 is 0. The van der Waals surface area contributed by atoms with E-state index in [1.807, 2.05) is 39.8 Å². The van der Waals surface area contributed by atoms with E-state index in [0.717, 1.165) is 34.6 Å². The number of nitrogens with zero attached hydrogens (tertiary/aromatic N) is 2. The molecule has 0 aromatic heterocycles. The zero-order valence-electron chi connectivity index (χ0n) is 13.1. The molecular formula is C16H21N3O2. The number of aliphatic imine (C=N–C) groups is 1. The molecule has 0 radical (unpaired) electrons. The Morgan fingerprint density at radius 1 is 1.29 bits per heavy atom. The summed E-state index contributed by atoms with van der Waals surface area (Å²) in [7, 11) is 1.71. The van der Waals surface area contributed by atoms with Crippen LogP contribution in [0, 0.1) is 13.8 Å². The normalized spacial score (nSPS) is 18.3. The van der Waals surface area contributed by atoms with E-state index >= 15 is 0 Å². The van der Waals surface area contributed by atoms with Crippen molar-refractivity contribution in [1.82, 2.24) is 0 Å². The van der Waals surface area contributed by atoms with Gasteiger partial charge in [-0.15, -0.1) is 0 Å². The highest BCUT2D eigenvalue weighted by Gasteiger charge is 2.32. The molecule has 0 fully saturated rings. The summed E-state index contributed by atoms with van der Waals surface area (Å²) in [6, 6.07) is 3.93. The number of benzene rings is 1. The predicted molar refractivity (Wildman–Crippen MR) is 84.9 cm³/mol. The van der Waals surface area contributed by atoms with Crippen LogP contribution in [0.4, 0.5) is 11.4 Å². The molecule has 0 bridgehead atoms. The van der Waals surface area contributed by atoms with Crippen LogP contribution in [0.5, 0.6) is 0 Å². The van der Waals surface area contributed by atoms with Crippen molar-refractivity contribution in [2.45, 2.75) is 33.3 Å². The Labute approximate surface area is 125 Å². The van der Waals surface area contributed by atoms with Gasteiger partial charge < -0.3 is 15.4 Å². The molecule has 5 nitrogen and oxygen atoms in total. The molecule has 1 aromatic carbocycles. The predicted octanol–water partition coefficient (Wildman–Crippen LogP) is 2.58. The molecule has 0 saturated carbocycles. The maximum absolute atomic E-state index is 11.1. The second-order valence-electron chi connectivity index (χ2n) is 5.80. The van der Waals surface area contributed by atoms with Gasteiger partial charge in [-0.05, 0) is 51.0 Å². The van der Waals surface area contributed by atoms with Crippen molar-refractivity contribution in [2.75, 3.05) is 11.9 Å². The van der Waals surface area contributed by atoms with Crippen LogP contribution < -0.4 is 10.6 Å². The SMILES string of the molecule is Cc1cc(N=C2C=C(N)OC2(C)C)c(N(C)C=O)cc1C. The molecule has 112 valence electrons. The van der Waals surface area contributed by atoms with E-state index in [4.69, 9.17) is 10.5 Å². The summed E-state index contributed by atoms with van der Waals surface area (Å²) in [5.41, 5.74) is 9.61. The fourth-order valence-electron chi connectivity index (χ4n) is 2.20. The van der Waals surface area contributed by atoms with Gasteiger partial charge in [-0.1, -0.05) is 0 Å². The van der Waals surface area contributed by atoms with E-state index in [1.165, 1.54) is 4.90 Å². The van der Waals surface area contributed by atoms with Gasteiger partial charge in [0.2, 0.25) is 6.41 Å². The first-order valence-corrected chi connectivity index (χ1v) is 6.79. The Morgan fingerprint density at radius 3 is 2.43 bits per heavy atom. The molecule has 2 N–H and O–H groups in total. The summed E-state index contributed by atoms with van der Waals surface area (Å²) in [5, 5.41) is 0.